The van der Waals surface area contributed by atoms with Crippen LogP contribution in [0.5, 0.6) is 0 Å². The maximum atomic E-state index is 11.9. The monoisotopic (exact) mass is 289 g/mol. The molecule has 0 aliphatic heterocycles. The van der Waals surface area contributed by atoms with Crippen molar-refractivity contribution in [2.24, 2.45) is 0 Å². The van der Waals surface area contributed by atoms with Crippen LogP contribution in [0.1, 0.15) is 36.0 Å². The smallest absolute Gasteiger partial charge is 0.222 e. The highest BCUT2D eigenvalue weighted by Gasteiger charge is 2.08. The molecule has 2 aromatic rings. The van der Waals surface area contributed by atoms with E-state index >= 15 is 0 Å². The van der Waals surface area contributed by atoms with Crippen molar-refractivity contribution in [3.8, 4) is 0 Å². The van der Waals surface area contributed by atoms with Gasteiger partial charge in [-0.05, 0) is 33.8 Å². The first kappa shape index (κ1) is 15.3. The second-order valence-corrected chi connectivity index (χ2v) is 5.25. The van der Waals surface area contributed by atoms with E-state index < -0.39 is 0 Å². The molecule has 6 nitrogen and oxygen atoms in total. The first-order valence-corrected chi connectivity index (χ1v) is 7.30. The molecule has 0 fully saturated rings. The van der Waals surface area contributed by atoms with Crippen LogP contribution in [-0.4, -0.2) is 25.5 Å². The molecule has 2 rings (SSSR count). The zero-order chi connectivity index (χ0) is 15.4. The third-order valence-corrected chi connectivity index (χ3v) is 3.63. The molecule has 0 saturated heterocycles. The Balaban J connectivity index is 1.82. The molecule has 0 aromatic carbocycles. The van der Waals surface area contributed by atoms with Crippen LogP contribution >= 0.6 is 0 Å². The first-order chi connectivity index (χ1) is 10.0. The normalized spacial score (nSPS) is 10.9. The molecule has 1 amide bonds. The quantitative estimate of drug-likeness (QED) is 0.881. The number of nitrogens with one attached hydrogen (secondary N) is 1. The predicted molar refractivity (Wildman–Crippen MR) is 80.8 cm³/mol. The average molecular weight is 289 g/mol. The van der Waals surface area contributed by atoms with Crippen molar-refractivity contribution < 1.29 is 4.79 Å². The van der Waals surface area contributed by atoms with Crippen molar-refractivity contribution in [1.82, 2.24) is 24.9 Å². The van der Waals surface area contributed by atoms with E-state index in [2.05, 4.69) is 22.4 Å². The molecule has 21 heavy (non-hydrogen) atoms. The minimum atomic E-state index is 0.0335. The highest BCUT2D eigenvalue weighted by atomic mass is 16.1. The SMILES string of the molecule is CCn1ncc(CNC(=O)CCn2nc(C)cc2C)c1C. The second kappa shape index (κ2) is 6.56. The van der Waals surface area contributed by atoms with E-state index in [1.54, 1.807) is 0 Å². The molecule has 0 bridgehead atoms. The molecule has 2 heterocycles. The fourth-order valence-electron chi connectivity index (χ4n) is 2.37. The largest absolute Gasteiger partial charge is 0.352 e. The number of carbonyl (C=O) groups is 1. The number of nitrogens with zero attached hydrogens (tertiary/aromatic N) is 4. The van der Waals surface area contributed by atoms with Gasteiger partial charge >= 0.3 is 0 Å². The van der Waals surface area contributed by atoms with Gasteiger partial charge in [-0.3, -0.25) is 14.2 Å². The third-order valence-electron chi connectivity index (χ3n) is 3.63. The molecule has 0 unspecified atom stereocenters. The maximum Gasteiger partial charge on any atom is 0.222 e. The molecule has 114 valence electrons. The van der Waals surface area contributed by atoms with E-state index in [9.17, 15) is 4.79 Å². The van der Waals surface area contributed by atoms with Crippen molar-refractivity contribution in [3.63, 3.8) is 0 Å². The Morgan fingerprint density at radius 2 is 2.05 bits per heavy atom. The topological polar surface area (TPSA) is 64.7 Å². The molecule has 2 aromatic heterocycles. The first-order valence-electron chi connectivity index (χ1n) is 7.30. The number of rotatable bonds is 6. The predicted octanol–water partition coefficient (Wildman–Crippen LogP) is 1.73. The summed E-state index contributed by atoms with van der Waals surface area (Å²) in [7, 11) is 0. The molecule has 0 atom stereocenters. The molecule has 1 N–H and O–H groups in total. The molecule has 6 heteroatoms. The number of carbonyl (C=O) groups excluding carboxylic acids is 1. The summed E-state index contributed by atoms with van der Waals surface area (Å²) in [5, 5.41) is 11.6. The number of hydrogen-bond acceptors (Lipinski definition) is 3. The zero-order valence-electron chi connectivity index (χ0n) is 13.2. The van der Waals surface area contributed by atoms with Crippen LogP contribution in [0.4, 0.5) is 0 Å². The Morgan fingerprint density at radius 3 is 2.62 bits per heavy atom. The fraction of sp³-hybridized carbons (Fsp3) is 0.533. The van der Waals surface area contributed by atoms with Crippen molar-refractivity contribution in [3.05, 3.63) is 34.9 Å². The molecule has 0 spiro atoms. The van der Waals surface area contributed by atoms with Crippen LogP contribution < -0.4 is 5.32 Å². The summed E-state index contributed by atoms with van der Waals surface area (Å²) in [5.74, 6) is 0.0335. The Morgan fingerprint density at radius 1 is 1.29 bits per heavy atom. The lowest BCUT2D eigenvalue weighted by Gasteiger charge is -2.07. The van der Waals surface area contributed by atoms with Gasteiger partial charge in [0, 0.05) is 43.0 Å². The zero-order valence-corrected chi connectivity index (χ0v) is 13.2. The Bertz CT molecular complexity index is 626. The molecule has 0 saturated carbocycles. The Kier molecular flexibility index (Phi) is 4.77. The highest BCUT2D eigenvalue weighted by molar-refractivity contribution is 5.75. The summed E-state index contributed by atoms with van der Waals surface area (Å²) in [4.78, 5) is 11.9. The third kappa shape index (κ3) is 3.71. The Labute approximate surface area is 125 Å². The number of aryl methyl sites for hydroxylation is 4. The van der Waals surface area contributed by atoms with E-state index in [1.807, 2.05) is 42.4 Å². The minimum absolute atomic E-state index is 0.0335. The van der Waals surface area contributed by atoms with Crippen LogP contribution in [0.25, 0.3) is 0 Å². The lowest BCUT2D eigenvalue weighted by atomic mass is 10.2. The number of hydrogen-bond donors (Lipinski definition) is 1. The van der Waals surface area contributed by atoms with Gasteiger partial charge < -0.3 is 5.32 Å². The number of amides is 1. The van der Waals surface area contributed by atoms with E-state index in [0.29, 0.717) is 19.5 Å². The van der Waals surface area contributed by atoms with Crippen molar-refractivity contribution in [2.75, 3.05) is 0 Å². The maximum absolute atomic E-state index is 11.9. The van der Waals surface area contributed by atoms with Gasteiger partial charge in [-0.15, -0.1) is 0 Å². The van der Waals surface area contributed by atoms with Gasteiger partial charge in [0.25, 0.3) is 0 Å². The van der Waals surface area contributed by atoms with Crippen molar-refractivity contribution >= 4 is 5.91 Å². The summed E-state index contributed by atoms with van der Waals surface area (Å²) >= 11 is 0. The summed E-state index contributed by atoms with van der Waals surface area (Å²) in [6.07, 6.45) is 2.25. The average Bonchev–Trinajstić information content (AvgIpc) is 2.96. The fourth-order valence-corrected chi connectivity index (χ4v) is 2.37. The number of aromatic nitrogens is 4. The van der Waals surface area contributed by atoms with Gasteiger partial charge in [0.15, 0.2) is 0 Å². The van der Waals surface area contributed by atoms with Gasteiger partial charge in [-0.1, -0.05) is 0 Å². The molecule has 0 aliphatic carbocycles. The van der Waals surface area contributed by atoms with Crippen molar-refractivity contribution in [2.45, 2.75) is 53.8 Å². The van der Waals surface area contributed by atoms with Crippen LogP contribution in [0.2, 0.25) is 0 Å². The summed E-state index contributed by atoms with van der Waals surface area (Å²) < 4.78 is 3.80. The van der Waals surface area contributed by atoms with Gasteiger partial charge in [-0.2, -0.15) is 10.2 Å². The van der Waals surface area contributed by atoms with E-state index in [1.165, 1.54) is 0 Å². The standard InChI is InChI=1S/C15H23N5O/c1-5-19-13(4)14(10-17-19)9-16-15(21)6-7-20-12(3)8-11(2)18-20/h8,10H,5-7,9H2,1-4H3,(H,16,21). The second-order valence-electron chi connectivity index (χ2n) is 5.25. The highest BCUT2D eigenvalue weighted by Crippen LogP contribution is 2.07. The lowest BCUT2D eigenvalue weighted by Crippen LogP contribution is -2.24. The summed E-state index contributed by atoms with van der Waals surface area (Å²) in [5.41, 5.74) is 4.24. The van der Waals surface area contributed by atoms with Gasteiger partial charge in [0.2, 0.25) is 5.91 Å². The Hall–Kier alpha value is -2.11. The minimum Gasteiger partial charge on any atom is -0.352 e. The summed E-state index contributed by atoms with van der Waals surface area (Å²) in [6.45, 7) is 10.0. The molecule has 0 radical (unpaired) electrons. The van der Waals surface area contributed by atoms with Crippen LogP contribution in [0, 0.1) is 20.8 Å². The lowest BCUT2D eigenvalue weighted by molar-refractivity contribution is -0.121. The van der Waals surface area contributed by atoms with Gasteiger partial charge in [0.1, 0.15) is 0 Å². The molecular weight excluding hydrogens is 266 g/mol. The molecule has 0 aliphatic rings. The summed E-state index contributed by atoms with van der Waals surface area (Å²) in [6, 6.07) is 2.01. The molecular formula is C15H23N5O. The van der Waals surface area contributed by atoms with E-state index in [4.69, 9.17) is 0 Å². The van der Waals surface area contributed by atoms with E-state index in [-0.39, 0.29) is 5.91 Å². The van der Waals surface area contributed by atoms with Crippen molar-refractivity contribution in [1.29, 1.82) is 0 Å². The van der Waals surface area contributed by atoms with Gasteiger partial charge in [-0.25, -0.2) is 0 Å². The van der Waals surface area contributed by atoms with Crippen LogP contribution in [0.3, 0.4) is 0 Å². The van der Waals surface area contributed by atoms with Crippen LogP contribution in [0.15, 0.2) is 12.3 Å². The van der Waals surface area contributed by atoms with Gasteiger partial charge in [0.05, 0.1) is 11.9 Å². The van der Waals surface area contributed by atoms with Crippen LogP contribution in [-0.2, 0) is 24.4 Å². The van der Waals surface area contributed by atoms with E-state index in [0.717, 1.165) is 29.2 Å².